The van der Waals surface area contributed by atoms with E-state index in [1.54, 1.807) is 18.2 Å². The molecule has 3 aromatic rings. The van der Waals surface area contributed by atoms with Crippen LogP contribution in [-0.4, -0.2) is 37.1 Å². The van der Waals surface area contributed by atoms with Crippen molar-refractivity contribution >= 4 is 17.6 Å². The van der Waals surface area contributed by atoms with Crippen LogP contribution in [0, 0.1) is 10.1 Å². The minimum Gasteiger partial charge on any atom is -0.490 e. The van der Waals surface area contributed by atoms with Gasteiger partial charge < -0.3 is 14.8 Å². The van der Waals surface area contributed by atoms with Crippen LogP contribution in [0.25, 0.3) is 11.1 Å². The molecule has 164 valence electrons. The van der Waals surface area contributed by atoms with Gasteiger partial charge in [-0.25, -0.2) is 4.79 Å². The molecule has 8 nitrogen and oxygen atoms in total. The van der Waals surface area contributed by atoms with Gasteiger partial charge in [-0.15, -0.1) is 0 Å². The van der Waals surface area contributed by atoms with E-state index in [1.807, 2.05) is 42.5 Å². The highest BCUT2D eigenvalue weighted by Crippen LogP contribution is 2.28. The fraction of sp³-hybridized carbons (Fsp3) is 0.167. The van der Waals surface area contributed by atoms with E-state index in [1.165, 1.54) is 26.4 Å². The standard InChI is InChI=1S/C24H22N2O6/c1-31-22-13-8-16(15-21(22)26(29)30)14-20(24(28)32-2)25-23(27)19-11-9-18(10-12-19)17-6-4-3-5-7-17/h3-13,15,20H,14H2,1-2H3,(H,25,27)/t20-/m0/s1. The first kappa shape index (κ1) is 22.5. The van der Waals surface area contributed by atoms with Crippen LogP contribution >= 0.6 is 0 Å². The number of hydrogen-bond donors (Lipinski definition) is 1. The first-order chi connectivity index (χ1) is 15.4. The highest BCUT2D eigenvalue weighted by molar-refractivity contribution is 5.97. The molecule has 3 rings (SSSR count). The van der Waals surface area contributed by atoms with E-state index in [-0.39, 0.29) is 17.9 Å². The van der Waals surface area contributed by atoms with Crippen molar-refractivity contribution in [1.29, 1.82) is 0 Å². The zero-order chi connectivity index (χ0) is 23.1. The van der Waals surface area contributed by atoms with E-state index in [2.05, 4.69) is 5.32 Å². The molecule has 0 unspecified atom stereocenters. The van der Waals surface area contributed by atoms with Crippen molar-refractivity contribution in [3.05, 3.63) is 94.0 Å². The lowest BCUT2D eigenvalue weighted by molar-refractivity contribution is -0.385. The molecular formula is C24H22N2O6. The summed E-state index contributed by atoms with van der Waals surface area (Å²) in [4.78, 5) is 35.7. The van der Waals surface area contributed by atoms with E-state index in [0.717, 1.165) is 11.1 Å². The maximum absolute atomic E-state index is 12.7. The van der Waals surface area contributed by atoms with Crippen molar-refractivity contribution in [2.45, 2.75) is 12.5 Å². The molecule has 0 aromatic heterocycles. The number of esters is 1. The molecule has 0 saturated heterocycles. The first-order valence-electron chi connectivity index (χ1n) is 9.78. The average Bonchev–Trinajstić information content (AvgIpc) is 2.83. The Morgan fingerprint density at radius 3 is 2.22 bits per heavy atom. The molecule has 0 bridgehead atoms. The Morgan fingerprint density at radius 2 is 1.62 bits per heavy atom. The van der Waals surface area contributed by atoms with Crippen LogP contribution in [0.3, 0.4) is 0 Å². The van der Waals surface area contributed by atoms with Gasteiger partial charge in [0.05, 0.1) is 19.1 Å². The van der Waals surface area contributed by atoms with Crippen molar-refractivity contribution in [2.75, 3.05) is 14.2 Å². The number of nitrogens with one attached hydrogen (secondary N) is 1. The molecule has 0 aliphatic heterocycles. The molecule has 1 atom stereocenters. The third-order valence-electron chi connectivity index (χ3n) is 4.93. The van der Waals surface area contributed by atoms with Gasteiger partial charge in [-0.2, -0.15) is 0 Å². The van der Waals surface area contributed by atoms with E-state index in [9.17, 15) is 19.7 Å². The lowest BCUT2D eigenvalue weighted by Crippen LogP contribution is -2.43. The van der Waals surface area contributed by atoms with Crippen LogP contribution in [0.4, 0.5) is 5.69 Å². The summed E-state index contributed by atoms with van der Waals surface area (Å²) in [7, 11) is 2.55. The highest BCUT2D eigenvalue weighted by Gasteiger charge is 2.24. The zero-order valence-corrected chi connectivity index (χ0v) is 17.6. The minimum atomic E-state index is -1.02. The van der Waals surface area contributed by atoms with Gasteiger partial charge in [-0.05, 0) is 34.9 Å². The molecule has 0 spiro atoms. The lowest BCUT2D eigenvalue weighted by Gasteiger charge is -2.17. The number of methoxy groups -OCH3 is 2. The molecule has 3 aromatic carbocycles. The summed E-state index contributed by atoms with van der Waals surface area (Å²) < 4.78 is 9.80. The predicted molar refractivity (Wildman–Crippen MR) is 119 cm³/mol. The normalized spacial score (nSPS) is 11.3. The van der Waals surface area contributed by atoms with E-state index < -0.39 is 22.8 Å². The van der Waals surface area contributed by atoms with Crippen molar-refractivity contribution in [3.8, 4) is 16.9 Å². The van der Waals surface area contributed by atoms with E-state index >= 15 is 0 Å². The SMILES string of the molecule is COC(=O)[C@H](Cc1ccc(OC)c([N+](=O)[O-])c1)NC(=O)c1ccc(-c2ccccc2)cc1. The number of rotatable bonds is 8. The molecule has 0 saturated carbocycles. The topological polar surface area (TPSA) is 108 Å². The largest absolute Gasteiger partial charge is 0.490 e. The van der Waals surface area contributed by atoms with Crippen LogP contribution in [0.5, 0.6) is 5.75 Å². The summed E-state index contributed by atoms with van der Waals surface area (Å²) in [6.45, 7) is 0. The zero-order valence-electron chi connectivity index (χ0n) is 17.6. The van der Waals surface area contributed by atoms with Crippen LogP contribution in [0.1, 0.15) is 15.9 Å². The smallest absolute Gasteiger partial charge is 0.328 e. The Morgan fingerprint density at radius 1 is 0.969 bits per heavy atom. The summed E-state index contributed by atoms with van der Waals surface area (Å²) in [6, 6.07) is 20.1. The minimum absolute atomic E-state index is 0.0192. The van der Waals surface area contributed by atoms with Gasteiger partial charge in [0.2, 0.25) is 0 Å². The van der Waals surface area contributed by atoms with Crippen LogP contribution < -0.4 is 10.1 Å². The fourth-order valence-corrected chi connectivity index (χ4v) is 3.26. The van der Waals surface area contributed by atoms with Crippen molar-refractivity contribution < 1.29 is 24.0 Å². The molecule has 0 aliphatic rings. The number of nitrogens with zero attached hydrogens (tertiary/aromatic N) is 1. The van der Waals surface area contributed by atoms with E-state index in [0.29, 0.717) is 11.1 Å². The van der Waals surface area contributed by atoms with Crippen molar-refractivity contribution in [1.82, 2.24) is 5.32 Å². The number of amides is 1. The van der Waals surface area contributed by atoms with Gasteiger partial charge >= 0.3 is 11.7 Å². The quantitative estimate of drug-likeness (QED) is 0.328. The van der Waals surface area contributed by atoms with Gasteiger partial charge in [0.15, 0.2) is 5.75 Å². The second-order valence-electron chi connectivity index (χ2n) is 6.96. The third kappa shape index (κ3) is 5.28. The predicted octanol–water partition coefficient (Wildman–Crippen LogP) is 3.78. The molecular weight excluding hydrogens is 412 g/mol. The third-order valence-corrected chi connectivity index (χ3v) is 4.93. The molecule has 1 amide bonds. The molecule has 0 radical (unpaired) electrons. The maximum Gasteiger partial charge on any atom is 0.328 e. The van der Waals surface area contributed by atoms with Crippen LogP contribution in [-0.2, 0) is 16.0 Å². The molecule has 0 heterocycles. The molecule has 32 heavy (non-hydrogen) atoms. The number of nitro groups is 1. The Balaban J connectivity index is 1.77. The number of hydrogen-bond acceptors (Lipinski definition) is 6. The average molecular weight is 434 g/mol. The molecule has 8 heteroatoms. The molecule has 1 N–H and O–H groups in total. The number of benzene rings is 3. The number of carbonyl (C=O) groups is 2. The second-order valence-corrected chi connectivity index (χ2v) is 6.96. The Bertz CT molecular complexity index is 1110. The summed E-state index contributed by atoms with van der Waals surface area (Å²) >= 11 is 0. The second kappa shape index (κ2) is 10.2. The Kier molecular flexibility index (Phi) is 7.17. The Hall–Kier alpha value is -4.20. The van der Waals surface area contributed by atoms with Crippen LogP contribution in [0.15, 0.2) is 72.8 Å². The summed E-state index contributed by atoms with van der Waals surface area (Å²) in [6.07, 6.45) is 0.0192. The highest BCUT2D eigenvalue weighted by atomic mass is 16.6. The van der Waals surface area contributed by atoms with E-state index in [4.69, 9.17) is 9.47 Å². The lowest BCUT2D eigenvalue weighted by atomic mass is 10.0. The molecule has 0 aliphatic carbocycles. The molecule has 0 fully saturated rings. The maximum atomic E-state index is 12.7. The van der Waals surface area contributed by atoms with Crippen LogP contribution in [0.2, 0.25) is 0 Å². The summed E-state index contributed by atoms with van der Waals surface area (Å²) in [5.41, 5.74) is 2.61. The van der Waals surface area contributed by atoms with Crippen molar-refractivity contribution in [3.63, 3.8) is 0 Å². The van der Waals surface area contributed by atoms with Gasteiger partial charge in [-0.1, -0.05) is 48.5 Å². The Labute approximate surface area is 184 Å². The number of ether oxygens (including phenoxy) is 2. The monoisotopic (exact) mass is 434 g/mol. The van der Waals surface area contributed by atoms with Gasteiger partial charge in [0.1, 0.15) is 6.04 Å². The first-order valence-corrected chi connectivity index (χ1v) is 9.78. The van der Waals surface area contributed by atoms with Gasteiger partial charge in [0.25, 0.3) is 5.91 Å². The number of carbonyl (C=O) groups excluding carboxylic acids is 2. The summed E-state index contributed by atoms with van der Waals surface area (Å²) in [5.74, 6) is -1.00. The summed E-state index contributed by atoms with van der Waals surface area (Å²) in [5, 5.41) is 13.9. The van der Waals surface area contributed by atoms with Crippen molar-refractivity contribution in [2.24, 2.45) is 0 Å². The number of nitro benzene ring substituents is 1. The van der Waals surface area contributed by atoms with Gasteiger partial charge in [0, 0.05) is 18.1 Å². The van der Waals surface area contributed by atoms with Gasteiger partial charge in [-0.3, -0.25) is 14.9 Å². The fourth-order valence-electron chi connectivity index (χ4n) is 3.26.